The van der Waals surface area contributed by atoms with Crippen LogP contribution in [0.3, 0.4) is 0 Å². The van der Waals surface area contributed by atoms with Gasteiger partial charge >= 0.3 is 0 Å². The van der Waals surface area contributed by atoms with E-state index in [1.807, 2.05) is 25.1 Å². The number of halogens is 1. The highest BCUT2D eigenvalue weighted by Crippen LogP contribution is 2.26. The Morgan fingerprint density at radius 1 is 1.48 bits per heavy atom. The van der Waals surface area contributed by atoms with Gasteiger partial charge in [0.1, 0.15) is 5.69 Å². The van der Waals surface area contributed by atoms with Crippen LogP contribution in [0.1, 0.15) is 17.4 Å². The first kappa shape index (κ1) is 15.5. The summed E-state index contributed by atoms with van der Waals surface area (Å²) in [5, 5.41) is 7.54. The maximum absolute atomic E-state index is 12.4. The van der Waals surface area contributed by atoms with Crippen molar-refractivity contribution in [3.8, 4) is 11.3 Å². The molecule has 21 heavy (non-hydrogen) atoms. The summed E-state index contributed by atoms with van der Waals surface area (Å²) in [5.74, 6) is -0.134. The summed E-state index contributed by atoms with van der Waals surface area (Å²) in [6.45, 7) is 2.40. The highest BCUT2D eigenvalue weighted by molar-refractivity contribution is 6.33. The first-order valence-electron chi connectivity index (χ1n) is 6.61. The van der Waals surface area contributed by atoms with Gasteiger partial charge in [0.25, 0.3) is 5.91 Å². The number of methoxy groups -OCH3 is 1. The van der Waals surface area contributed by atoms with Gasteiger partial charge in [-0.3, -0.25) is 9.89 Å². The van der Waals surface area contributed by atoms with Gasteiger partial charge in [-0.25, -0.2) is 0 Å². The number of ether oxygens (including phenoxy) is 1. The van der Waals surface area contributed by atoms with Crippen LogP contribution in [-0.2, 0) is 4.74 Å². The molecule has 0 saturated carbocycles. The van der Waals surface area contributed by atoms with Crippen molar-refractivity contribution in [2.75, 3.05) is 20.8 Å². The van der Waals surface area contributed by atoms with Gasteiger partial charge in [0, 0.05) is 19.7 Å². The molecule has 112 valence electrons. The number of carbonyl (C=O) groups is 1. The standard InChI is InChI=1S/C15H18ClN3O2/c1-10(9-21-3)19(2)15(20)14-8-13(17-18-14)11-6-4-5-7-12(11)16/h4-8,10H,9H2,1-3H3,(H,17,18)/t10-/m1/s1. The van der Waals surface area contributed by atoms with Crippen LogP contribution < -0.4 is 0 Å². The molecule has 0 radical (unpaired) electrons. The number of rotatable bonds is 5. The van der Waals surface area contributed by atoms with E-state index in [0.717, 1.165) is 5.56 Å². The molecule has 1 heterocycles. The third kappa shape index (κ3) is 3.43. The fraction of sp³-hybridized carbons (Fsp3) is 0.333. The molecule has 0 bridgehead atoms. The Labute approximate surface area is 128 Å². The largest absolute Gasteiger partial charge is 0.383 e. The zero-order valence-electron chi connectivity index (χ0n) is 12.3. The quantitative estimate of drug-likeness (QED) is 0.924. The van der Waals surface area contributed by atoms with E-state index in [-0.39, 0.29) is 11.9 Å². The second-order valence-corrected chi connectivity index (χ2v) is 5.27. The molecule has 1 atom stereocenters. The summed E-state index contributed by atoms with van der Waals surface area (Å²) in [6, 6.07) is 9.08. The predicted molar refractivity (Wildman–Crippen MR) is 82.5 cm³/mol. The smallest absolute Gasteiger partial charge is 0.271 e. The Balaban J connectivity index is 2.20. The Morgan fingerprint density at radius 2 is 2.19 bits per heavy atom. The Morgan fingerprint density at radius 3 is 2.86 bits per heavy atom. The third-order valence-corrected chi connectivity index (χ3v) is 3.68. The Bertz CT molecular complexity index is 627. The lowest BCUT2D eigenvalue weighted by atomic mass is 10.1. The van der Waals surface area contributed by atoms with Crippen LogP contribution in [0.4, 0.5) is 0 Å². The van der Waals surface area contributed by atoms with Crippen LogP contribution in [-0.4, -0.2) is 47.8 Å². The van der Waals surface area contributed by atoms with Crippen LogP contribution in [0.5, 0.6) is 0 Å². The van der Waals surface area contributed by atoms with Gasteiger partial charge in [-0.1, -0.05) is 29.8 Å². The average Bonchev–Trinajstić information content (AvgIpc) is 2.96. The van der Waals surface area contributed by atoms with Crippen LogP contribution in [0.15, 0.2) is 30.3 Å². The minimum atomic E-state index is -0.134. The monoisotopic (exact) mass is 307 g/mol. The number of aromatic nitrogens is 2. The number of amides is 1. The molecule has 0 saturated heterocycles. The number of hydrogen-bond acceptors (Lipinski definition) is 3. The number of H-pyrrole nitrogens is 1. The first-order chi connectivity index (χ1) is 10.0. The van der Waals surface area contributed by atoms with Crippen molar-refractivity contribution in [2.45, 2.75) is 13.0 Å². The van der Waals surface area contributed by atoms with Crippen LogP contribution >= 0.6 is 11.6 Å². The lowest BCUT2D eigenvalue weighted by Gasteiger charge is -2.23. The molecule has 1 aromatic heterocycles. The van der Waals surface area contributed by atoms with Crippen molar-refractivity contribution in [1.29, 1.82) is 0 Å². The molecule has 1 N–H and O–H groups in total. The van der Waals surface area contributed by atoms with Gasteiger partial charge in [-0.05, 0) is 19.1 Å². The van der Waals surface area contributed by atoms with E-state index in [0.29, 0.717) is 23.0 Å². The zero-order valence-corrected chi connectivity index (χ0v) is 13.0. The second kappa shape index (κ2) is 6.74. The lowest BCUT2D eigenvalue weighted by molar-refractivity contribution is 0.0628. The number of nitrogens with one attached hydrogen (secondary N) is 1. The molecule has 2 aromatic rings. The summed E-state index contributed by atoms with van der Waals surface area (Å²) in [6.07, 6.45) is 0. The van der Waals surface area contributed by atoms with E-state index >= 15 is 0 Å². The number of benzene rings is 1. The van der Waals surface area contributed by atoms with E-state index < -0.39 is 0 Å². The van der Waals surface area contributed by atoms with Crippen LogP contribution in [0.25, 0.3) is 11.3 Å². The summed E-state index contributed by atoms with van der Waals surface area (Å²) in [4.78, 5) is 14.0. The summed E-state index contributed by atoms with van der Waals surface area (Å²) < 4.78 is 5.06. The van der Waals surface area contributed by atoms with Crippen molar-refractivity contribution < 1.29 is 9.53 Å². The first-order valence-corrected chi connectivity index (χ1v) is 6.98. The van der Waals surface area contributed by atoms with Crippen LogP contribution in [0.2, 0.25) is 5.02 Å². The topological polar surface area (TPSA) is 58.2 Å². The van der Waals surface area contributed by atoms with Crippen molar-refractivity contribution >= 4 is 17.5 Å². The van der Waals surface area contributed by atoms with Gasteiger partial charge in [0.15, 0.2) is 0 Å². The molecule has 0 unspecified atom stereocenters. The maximum Gasteiger partial charge on any atom is 0.271 e. The third-order valence-electron chi connectivity index (χ3n) is 3.35. The fourth-order valence-corrected chi connectivity index (χ4v) is 2.21. The summed E-state index contributed by atoms with van der Waals surface area (Å²) in [5.41, 5.74) is 1.87. The molecule has 0 aliphatic carbocycles. The molecule has 0 fully saturated rings. The SMILES string of the molecule is COC[C@@H](C)N(C)C(=O)c1cc(-c2ccccc2Cl)n[nH]1. The lowest BCUT2D eigenvalue weighted by Crippen LogP contribution is -2.38. The molecule has 1 aromatic carbocycles. The van der Waals surface area contributed by atoms with E-state index in [2.05, 4.69) is 10.2 Å². The molecule has 5 nitrogen and oxygen atoms in total. The molecule has 0 aliphatic rings. The second-order valence-electron chi connectivity index (χ2n) is 4.87. The minimum absolute atomic E-state index is 0.0189. The number of likely N-dealkylation sites (N-methyl/N-ethyl adjacent to an activating group) is 1. The van der Waals surface area contributed by atoms with E-state index in [1.54, 1.807) is 31.2 Å². The molecule has 0 spiro atoms. The van der Waals surface area contributed by atoms with Crippen LogP contribution in [0, 0.1) is 0 Å². The van der Waals surface area contributed by atoms with Crippen molar-refractivity contribution in [3.05, 3.63) is 41.0 Å². The molecule has 0 aliphatic heterocycles. The molecule has 2 rings (SSSR count). The summed E-state index contributed by atoms with van der Waals surface area (Å²) in [7, 11) is 3.35. The molecular weight excluding hydrogens is 290 g/mol. The van der Waals surface area contributed by atoms with Gasteiger partial charge in [0.2, 0.25) is 0 Å². The van der Waals surface area contributed by atoms with E-state index in [9.17, 15) is 4.79 Å². The molecular formula is C15H18ClN3O2. The zero-order chi connectivity index (χ0) is 15.4. The van der Waals surface area contributed by atoms with Crippen molar-refractivity contribution in [3.63, 3.8) is 0 Å². The number of aromatic amines is 1. The normalized spacial score (nSPS) is 12.2. The van der Waals surface area contributed by atoms with E-state index in [1.165, 1.54) is 0 Å². The van der Waals surface area contributed by atoms with Gasteiger partial charge < -0.3 is 9.64 Å². The van der Waals surface area contributed by atoms with E-state index in [4.69, 9.17) is 16.3 Å². The highest BCUT2D eigenvalue weighted by Gasteiger charge is 2.20. The Kier molecular flexibility index (Phi) is 4.98. The van der Waals surface area contributed by atoms with Gasteiger partial charge in [-0.15, -0.1) is 0 Å². The predicted octanol–water partition coefficient (Wildman–Crippen LogP) is 2.84. The fourth-order valence-electron chi connectivity index (χ4n) is 1.98. The maximum atomic E-state index is 12.4. The van der Waals surface area contributed by atoms with Gasteiger partial charge in [-0.2, -0.15) is 5.10 Å². The molecule has 6 heteroatoms. The molecule has 1 amide bonds. The Hall–Kier alpha value is -1.85. The van der Waals surface area contributed by atoms with Crippen molar-refractivity contribution in [1.82, 2.24) is 15.1 Å². The average molecular weight is 308 g/mol. The number of carbonyl (C=O) groups excluding carboxylic acids is 1. The summed E-state index contributed by atoms with van der Waals surface area (Å²) >= 11 is 6.14. The number of hydrogen-bond donors (Lipinski definition) is 1. The number of nitrogens with zero attached hydrogens (tertiary/aromatic N) is 2. The minimum Gasteiger partial charge on any atom is -0.383 e. The van der Waals surface area contributed by atoms with Crippen molar-refractivity contribution in [2.24, 2.45) is 0 Å². The van der Waals surface area contributed by atoms with Gasteiger partial charge in [0.05, 0.1) is 23.4 Å². The highest BCUT2D eigenvalue weighted by atomic mass is 35.5.